The number of halogens is 4. The fraction of sp³-hybridized carbons (Fsp3) is 0.375. The summed E-state index contributed by atoms with van der Waals surface area (Å²) in [6.45, 7) is 4.28. The number of nitrogens with one attached hydrogen (secondary N) is 1. The van der Waals surface area contributed by atoms with Crippen molar-refractivity contribution in [2.45, 2.75) is 50.7 Å². The summed E-state index contributed by atoms with van der Waals surface area (Å²) in [4.78, 5) is 31.3. The van der Waals surface area contributed by atoms with Gasteiger partial charge in [-0.05, 0) is 63.0 Å². The van der Waals surface area contributed by atoms with Crippen LogP contribution in [0, 0.1) is 17.1 Å². The van der Waals surface area contributed by atoms with Gasteiger partial charge in [0.15, 0.2) is 10.8 Å². The predicted molar refractivity (Wildman–Crippen MR) is 130 cm³/mol. The first-order chi connectivity index (χ1) is 16.9. The van der Waals surface area contributed by atoms with E-state index in [0.717, 1.165) is 17.4 Å². The summed E-state index contributed by atoms with van der Waals surface area (Å²) in [5, 5.41) is 11.3. The molecule has 190 valence electrons. The van der Waals surface area contributed by atoms with Crippen molar-refractivity contribution in [3.63, 3.8) is 0 Å². The van der Waals surface area contributed by atoms with Crippen molar-refractivity contribution in [3.05, 3.63) is 52.6 Å². The fourth-order valence-corrected chi connectivity index (χ4v) is 5.12. The molecule has 1 aromatic rings. The van der Waals surface area contributed by atoms with Crippen LogP contribution in [0.25, 0.3) is 0 Å². The van der Waals surface area contributed by atoms with E-state index >= 15 is 0 Å². The Balaban J connectivity index is 2.16. The third-order valence-electron chi connectivity index (χ3n) is 6.31. The Morgan fingerprint density at radius 1 is 1.31 bits per heavy atom. The highest BCUT2D eigenvalue weighted by Crippen LogP contribution is 2.45. The zero-order chi connectivity index (χ0) is 26.8. The van der Waals surface area contributed by atoms with E-state index in [1.54, 1.807) is 0 Å². The third kappa shape index (κ3) is 4.63. The van der Waals surface area contributed by atoms with Crippen LogP contribution in [-0.4, -0.2) is 47.3 Å². The average molecular weight is 522 g/mol. The predicted octanol–water partition coefficient (Wildman–Crippen LogP) is 4.77. The van der Waals surface area contributed by atoms with Crippen molar-refractivity contribution in [2.24, 2.45) is 4.99 Å². The van der Waals surface area contributed by atoms with Crippen LogP contribution in [0.4, 0.5) is 23.2 Å². The van der Waals surface area contributed by atoms with E-state index in [1.807, 2.05) is 0 Å². The first-order valence-corrected chi connectivity index (χ1v) is 11.4. The van der Waals surface area contributed by atoms with Crippen LogP contribution in [0.3, 0.4) is 0 Å². The molecule has 1 saturated heterocycles. The Bertz CT molecular complexity index is 1230. The van der Waals surface area contributed by atoms with Crippen LogP contribution in [0.15, 0.2) is 46.2 Å². The molecule has 1 heterocycles. The number of allylic oxidation sites excluding steroid dienone is 4. The fourth-order valence-electron chi connectivity index (χ4n) is 4.62. The molecule has 0 aromatic heterocycles. The number of amides is 2. The average Bonchev–Trinajstić information content (AvgIpc) is 3.03. The molecule has 0 bridgehead atoms. The van der Waals surface area contributed by atoms with Gasteiger partial charge in [0.1, 0.15) is 17.4 Å². The monoisotopic (exact) mass is 521 g/mol. The van der Waals surface area contributed by atoms with Crippen molar-refractivity contribution in [3.8, 4) is 6.07 Å². The lowest BCUT2D eigenvalue weighted by Crippen LogP contribution is -2.51. The Hall–Kier alpha value is -3.59. The molecule has 1 saturated carbocycles. The summed E-state index contributed by atoms with van der Waals surface area (Å²) in [6, 6.07) is 5.15. The van der Waals surface area contributed by atoms with Crippen LogP contribution in [0.5, 0.6) is 0 Å². The second kappa shape index (κ2) is 10.2. The number of hydrogen-bond acceptors (Lipinski definition) is 5. The lowest BCUT2D eigenvalue weighted by atomic mass is 9.80. The number of thiocarbonyl (C=S) groups is 1. The minimum atomic E-state index is -4.95. The van der Waals surface area contributed by atoms with E-state index in [2.05, 4.69) is 17.0 Å². The van der Waals surface area contributed by atoms with Gasteiger partial charge < -0.3 is 10.2 Å². The number of hydrogen-bond donors (Lipinski definition) is 1. The third-order valence-corrected chi connectivity index (χ3v) is 6.67. The number of carbonyl (C=O) groups excluding carboxylic acids is 2. The summed E-state index contributed by atoms with van der Waals surface area (Å²) in [6.07, 6.45) is -1.43. The molecule has 7 nitrogen and oxygen atoms in total. The lowest BCUT2D eigenvalue weighted by molar-refractivity contribution is -0.130. The minimum Gasteiger partial charge on any atom is -0.355 e. The summed E-state index contributed by atoms with van der Waals surface area (Å²) in [5.41, 5.74) is -3.72. The quantitative estimate of drug-likeness (QED) is 0.198. The highest BCUT2D eigenvalue weighted by atomic mass is 32.1. The van der Waals surface area contributed by atoms with Crippen LogP contribution in [0.1, 0.15) is 49.4 Å². The van der Waals surface area contributed by atoms with Gasteiger partial charge in [-0.15, -0.1) is 0 Å². The molecule has 3 rings (SSSR count). The molecule has 36 heavy (non-hydrogen) atoms. The first kappa shape index (κ1) is 27.0. The first-order valence-electron chi connectivity index (χ1n) is 11.0. The molecule has 0 atom stereocenters. The van der Waals surface area contributed by atoms with E-state index in [-0.39, 0.29) is 22.1 Å². The van der Waals surface area contributed by atoms with Crippen molar-refractivity contribution in [1.29, 1.82) is 5.26 Å². The highest BCUT2D eigenvalue weighted by Gasteiger charge is 2.56. The normalized spacial score (nSPS) is 18.8. The topological polar surface area (TPSA) is 88.8 Å². The Morgan fingerprint density at radius 3 is 2.44 bits per heavy atom. The second-order valence-corrected chi connectivity index (χ2v) is 8.77. The number of aliphatic imine (C=N–C) groups is 1. The smallest absolute Gasteiger partial charge is 0.355 e. The van der Waals surface area contributed by atoms with Crippen molar-refractivity contribution in [2.75, 3.05) is 11.9 Å². The molecule has 12 heteroatoms. The molecule has 1 aliphatic heterocycles. The van der Waals surface area contributed by atoms with Gasteiger partial charge in [-0.2, -0.15) is 18.4 Å². The molecule has 0 radical (unpaired) electrons. The number of nitriles is 1. The van der Waals surface area contributed by atoms with E-state index in [4.69, 9.17) is 17.5 Å². The van der Waals surface area contributed by atoms with Gasteiger partial charge in [-0.3, -0.25) is 19.5 Å². The number of benzene rings is 1. The molecule has 0 unspecified atom stereocenters. The van der Waals surface area contributed by atoms with E-state index < -0.39 is 40.6 Å². The van der Waals surface area contributed by atoms with E-state index in [0.29, 0.717) is 31.8 Å². The van der Waals surface area contributed by atoms with Crippen LogP contribution in [0.2, 0.25) is 0 Å². The standard InChI is InChI=1S/C24H23F4N5O2S/c1-14(11-17(24(26,27)28)19(13-29)30-2)32-21(35)23(9-5-4-6-10-23)33(22(32)36)15-7-8-16(18(25)12-15)20(34)31-3/h7-8,11-12H,2,4-6,9-10H2,1,3H3,(H,31,34)/b14-11+,19-17+. The highest BCUT2D eigenvalue weighted by molar-refractivity contribution is 7.80. The van der Waals surface area contributed by atoms with Crippen LogP contribution >= 0.6 is 12.2 Å². The SMILES string of the molecule is C=N/C(C#N)=C(\C=C(/C)N1C(=O)C2(CCCCC2)N(c2ccc(C(=O)NC)c(F)c2)C1=S)C(F)(F)F. The van der Waals surface area contributed by atoms with Gasteiger partial charge in [0.25, 0.3) is 11.8 Å². The molecule has 1 spiro atoms. The maximum Gasteiger partial charge on any atom is 0.419 e. The molecular weight excluding hydrogens is 498 g/mol. The maximum atomic E-state index is 14.8. The largest absolute Gasteiger partial charge is 0.419 e. The molecule has 1 N–H and O–H groups in total. The Kier molecular flexibility index (Phi) is 7.64. The molecule has 1 aromatic carbocycles. The number of anilines is 1. The summed E-state index contributed by atoms with van der Waals surface area (Å²) >= 11 is 5.56. The molecular formula is C24H23F4N5O2S. The second-order valence-electron chi connectivity index (χ2n) is 8.41. The van der Waals surface area contributed by atoms with Crippen molar-refractivity contribution >= 4 is 41.5 Å². The van der Waals surface area contributed by atoms with E-state index in [9.17, 15) is 27.2 Å². The van der Waals surface area contributed by atoms with Crippen molar-refractivity contribution in [1.82, 2.24) is 10.2 Å². The molecule has 2 amide bonds. The molecule has 2 fully saturated rings. The van der Waals surface area contributed by atoms with Crippen molar-refractivity contribution < 1.29 is 27.2 Å². The molecule has 2 aliphatic rings. The number of nitrogens with zero attached hydrogens (tertiary/aromatic N) is 4. The molecule has 1 aliphatic carbocycles. The van der Waals surface area contributed by atoms with Gasteiger partial charge in [-0.1, -0.05) is 19.3 Å². The number of alkyl halides is 3. The number of rotatable bonds is 5. The summed E-state index contributed by atoms with van der Waals surface area (Å²) < 4.78 is 55.9. The summed E-state index contributed by atoms with van der Waals surface area (Å²) in [5.74, 6) is -2.01. The Morgan fingerprint density at radius 2 is 1.94 bits per heavy atom. The van der Waals surface area contributed by atoms with Crippen LogP contribution in [-0.2, 0) is 4.79 Å². The lowest BCUT2D eigenvalue weighted by Gasteiger charge is -2.39. The number of carbonyl (C=O) groups is 2. The minimum absolute atomic E-state index is 0.130. The maximum absolute atomic E-state index is 14.8. The zero-order valence-corrected chi connectivity index (χ0v) is 20.4. The van der Waals surface area contributed by atoms with Crippen LogP contribution < -0.4 is 10.2 Å². The van der Waals surface area contributed by atoms with Gasteiger partial charge in [0.2, 0.25) is 0 Å². The van der Waals surface area contributed by atoms with E-state index in [1.165, 1.54) is 37.1 Å². The summed E-state index contributed by atoms with van der Waals surface area (Å²) in [7, 11) is 1.36. The van der Waals surface area contributed by atoms with Gasteiger partial charge in [-0.25, -0.2) is 4.39 Å². The van der Waals surface area contributed by atoms with Gasteiger partial charge in [0.05, 0.1) is 11.1 Å². The zero-order valence-electron chi connectivity index (χ0n) is 19.6. The van der Waals surface area contributed by atoms with Gasteiger partial charge >= 0.3 is 6.18 Å². The Labute approximate surface area is 210 Å². The van der Waals surface area contributed by atoms with Gasteiger partial charge in [0, 0.05) is 18.4 Å².